The fourth-order valence-corrected chi connectivity index (χ4v) is 2.18. The second kappa shape index (κ2) is 4.06. The number of likely N-dealkylation sites (tertiary alicyclic amines) is 1. The van der Waals surface area contributed by atoms with E-state index in [1.54, 1.807) is 6.26 Å². The molecule has 0 bridgehead atoms. The van der Waals surface area contributed by atoms with Crippen LogP contribution in [0.3, 0.4) is 0 Å². The molecule has 1 fully saturated rings. The van der Waals surface area contributed by atoms with Crippen LogP contribution in [0.25, 0.3) is 0 Å². The monoisotopic (exact) mass is 209 g/mol. The smallest absolute Gasteiger partial charge is 0.310 e. The number of hydrogen-bond donors (Lipinski definition) is 0. The Morgan fingerprint density at radius 2 is 2.40 bits per heavy atom. The van der Waals surface area contributed by atoms with E-state index in [4.69, 9.17) is 9.15 Å². The van der Waals surface area contributed by atoms with Crippen LogP contribution < -0.4 is 0 Å². The molecular weight excluding hydrogens is 194 g/mol. The molecule has 0 saturated carbocycles. The van der Waals surface area contributed by atoms with Crippen LogP contribution >= 0.6 is 0 Å². The minimum atomic E-state index is -0.152. The summed E-state index contributed by atoms with van der Waals surface area (Å²) in [6.45, 7) is 1.57. The second-order valence-electron chi connectivity index (χ2n) is 3.97. The van der Waals surface area contributed by atoms with Crippen molar-refractivity contribution in [3.63, 3.8) is 0 Å². The van der Waals surface area contributed by atoms with E-state index < -0.39 is 0 Å². The van der Waals surface area contributed by atoms with Gasteiger partial charge < -0.3 is 14.1 Å². The molecule has 1 aliphatic rings. The van der Waals surface area contributed by atoms with Gasteiger partial charge in [0.15, 0.2) is 0 Å². The van der Waals surface area contributed by atoms with Crippen LogP contribution in [-0.4, -0.2) is 38.1 Å². The molecule has 2 unspecified atom stereocenters. The lowest BCUT2D eigenvalue weighted by atomic mass is 9.94. The molecule has 15 heavy (non-hydrogen) atoms. The summed E-state index contributed by atoms with van der Waals surface area (Å²) in [5, 5.41) is 0. The van der Waals surface area contributed by atoms with Crippen molar-refractivity contribution in [2.75, 3.05) is 27.2 Å². The zero-order chi connectivity index (χ0) is 10.8. The van der Waals surface area contributed by atoms with Crippen LogP contribution in [0.1, 0.15) is 11.7 Å². The third-order valence-corrected chi connectivity index (χ3v) is 2.92. The second-order valence-corrected chi connectivity index (χ2v) is 3.97. The van der Waals surface area contributed by atoms with Crippen molar-refractivity contribution in [3.8, 4) is 0 Å². The first-order chi connectivity index (χ1) is 7.22. The zero-order valence-electron chi connectivity index (χ0n) is 8.97. The SMILES string of the molecule is COC(=O)C1CN(C)CC1c1ccco1. The zero-order valence-corrected chi connectivity index (χ0v) is 8.97. The van der Waals surface area contributed by atoms with Crippen LogP contribution in [-0.2, 0) is 9.53 Å². The molecule has 2 heterocycles. The molecule has 4 nitrogen and oxygen atoms in total. The van der Waals surface area contributed by atoms with E-state index in [0.29, 0.717) is 0 Å². The topological polar surface area (TPSA) is 42.7 Å². The molecule has 2 atom stereocenters. The Hall–Kier alpha value is -1.29. The van der Waals surface area contributed by atoms with Gasteiger partial charge in [0.1, 0.15) is 5.76 Å². The van der Waals surface area contributed by atoms with Gasteiger partial charge in [0.25, 0.3) is 0 Å². The van der Waals surface area contributed by atoms with E-state index in [0.717, 1.165) is 18.8 Å². The van der Waals surface area contributed by atoms with Crippen molar-refractivity contribution < 1.29 is 13.9 Å². The number of carbonyl (C=O) groups excluding carboxylic acids is 1. The molecule has 0 amide bonds. The number of nitrogens with zero attached hydrogens (tertiary/aromatic N) is 1. The molecular formula is C11H15NO3. The molecule has 1 aromatic rings. The molecule has 2 rings (SSSR count). The summed E-state index contributed by atoms with van der Waals surface area (Å²) in [7, 11) is 3.43. The maximum Gasteiger partial charge on any atom is 0.310 e. The van der Waals surface area contributed by atoms with Gasteiger partial charge >= 0.3 is 5.97 Å². The minimum absolute atomic E-state index is 0.105. The summed E-state index contributed by atoms with van der Waals surface area (Å²) in [5.41, 5.74) is 0. The summed E-state index contributed by atoms with van der Waals surface area (Å²) in [5.74, 6) is 0.735. The first-order valence-electron chi connectivity index (χ1n) is 5.02. The van der Waals surface area contributed by atoms with Gasteiger partial charge in [-0.3, -0.25) is 4.79 Å². The first-order valence-corrected chi connectivity index (χ1v) is 5.02. The van der Waals surface area contributed by atoms with Crippen LogP contribution in [0.5, 0.6) is 0 Å². The third kappa shape index (κ3) is 1.90. The van der Waals surface area contributed by atoms with Crippen molar-refractivity contribution in [2.24, 2.45) is 5.92 Å². The Labute approximate surface area is 88.8 Å². The summed E-state index contributed by atoms with van der Waals surface area (Å²) >= 11 is 0. The van der Waals surface area contributed by atoms with Crippen molar-refractivity contribution in [1.82, 2.24) is 4.90 Å². The molecule has 0 spiro atoms. The van der Waals surface area contributed by atoms with E-state index in [9.17, 15) is 4.79 Å². The molecule has 1 saturated heterocycles. The molecule has 0 N–H and O–H groups in total. The highest BCUT2D eigenvalue weighted by Crippen LogP contribution is 2.32. The highest BCUT2D eigenvalue weighted by atomic mass is 16.5. The largest absolute Gasteiger partial charge is 0.469 e. The van der Waals surface area contributed by atoms with Gasteiger partial charge in [-0.2, -0.15) is 0 Å². The number of methoxy groups -OCH3 is 1. The van der Waals surface area contributed by atoms with E-state index in [1.165, 1.54) is 7.11 Å². The molecule has 0 aromatic carbocycles. The lowest BCUT2D eigenvalue weighted by Crippen LogP contribution is -2.23. The van der Waals surface area contributed by atoms with E-state index in [-0.39, 0.29) is 17.8 Å². The van der Waals surface area contributed by atoms with Gasteiger partial charge in [0.2, 0.25) is 0 Å². The molecule has 0 radical (unpaired) electrons. The number of rotatable bonds is 2. The maximum atomic E-state index is 11.6. The fourth-order valence-electron chi connectivity index (χ4n) is 2.18. The summed E-state index contributed by atoms with van der Waals surface area (Å²) in [6.07, 6.45) is 1.64. The summed E-state index contributed by atoms with van der Waals surface area (Å²) in [4.78, 5) is 13.7. The average molecular weight is 209 g/mol. The molecule has 1 aromatic heterocycles. The van der Waals surface area contributed by atoms with Crippen LogP contribution in [0, 0.1) is 5.92 Å². The lowest BCUT2D eigenvalue weighted by molar-refractivity contribution is -0.145. The predicted molar refractivity (Wildman–Crippen MR) is 54.5 cm³/mol. The Morgan fingerprint density at radius 1 is 1.60 bits per heavy atom. The summed E-state index contributed by atoms with van der Waals surface area (Å²) in [6, 6.07) is 3.77. The van der Waals surface area contributed by atoms with Crippen LogP contribution in [0.4, 0.5) is 0 Å². The Kier molecular flexibility index (Phi) is 2.77. The molecule has 1 aliphatic heterocycles. The Balaban J connectivity index is 2.19. The highest BCUT2D eigenvalue weighted by molar-refractivity contribution is 5.74. The number of esters is 1. The number of hydrogen-bond acceptors (Lipinski definition) is 4. The molecule has 82 valence electrons. The maximum absolute atomic E-state index is 11.6. The third-order valence-electron chi connectivity index (χ3n) is 2.92. The quantitative estimate of drug-likeness (QED) is 0.684. The van der Waals surface area contributed by atoms with Gasteiger partial charge in [-0.15, -0.1) is 0 Å². The molecule has 0 aliphatic carbocycles. The number of carbonyl (C=O) groups is 1. The highest BCUT2D eigenvalue weighted by Gasteiger charge is 2.39. The van der Waals surface area contributed by atoms with E-state index >= 15 is 0 Å². The van der Waals surface area contributed by atoms with Crippen LogP contribution in [0.2, 0.25) is 0 Å². The lowest BCUT2D eigenvalue weighted by Gasteiger charge is -2.13. The number of furan rings is 1. The standard InChI is InChI=1S/C11H15NO3/c1-12-6-8(10-4-3-5-15-10)9(7-12)11(13)14-2/h3-5,8-9H,6-7H2,1-2H3. The van der Waals surface area contributed by atoms with Crippen molar-refractivity contribution in [3.05, 3.63) is 24.2 Å². The van der Waals surface area contributed by atoms with Crippen LogP contribution in [0.15, 0.2) is 22.8 Å². The number of likely N-dealkylation sites (N-methyl/N-ethyl adjacent to an activating group) is 1. The first kappa shape index (κ1) is 10.2. The Bertz CT molecular complexity index is 334. The van der Waals surface area contributed by atoms with Gasteiger partial charge in [-0.1, -0.05) is 0 Å². The summed E-state index contributed by atoms with van der Waals surface area (Å²) < 4.78 is 10.2. The van der Waals surface area contributed by atoms with E-state index in [1.807, 2.05) is 19.2 Å². The fraction of sp³-hybridized carbons (Fsp3) is 0.545. The van der Waals surface area contributed by atoms with E-state index in [2.05, 4.69) is 4.90 Å². The predicted octanol–water partition coefficient (Wildman–Crippen LogP) is 1.10. The van der Waals surface area contributed by atoms with Gasteiger partial charge in [0, 0.05) is 19.0 Å². The normalized spacial score (nSPS) is 26.8. The van der Waals surface area contributed by atoms with Crippen molar-refractivity contribution >= 4 is 5.97 Å². The number of ether oxygens (including phenoxy) is 1. The average Bonchev–Trinajstić information content (AvgIpc) is 2.84. The molecule has 4 heteroatoms. The van der Waals surface area contributed by atoms with Gasteiger partial charge in [-0.25, -0.2) is 0 Å². The Morgan fingerprint density at radius 3 is 3.00 bits per heavy atom. The minimum Gasteiger partial charge on any atom is -0.469 e. The van der Waals surface area contributed by atoms with Gasteiger partial charge in [-0.05, 0) is 19.2 Å². The van der Waals surface area contributed by atoms with Crippen molar-refractivity contribution in [2.45, 2.75) is 5.92 Å². The van der Waals surface area contributed by atoms with Crippen molar-refractivity contribution in [1.29, 1.82) is 0 Å². The van der Waals surface area contributed by atoms with Gasteiger partial charge in [0.05, 0.1) is 19.3 Å².